The number of aryl methyl sites for hydroxylation is 2. The Morgan fingerprint density at radius 3 is 1.03 bits per heavy atom. The quantitative estimate of drug-likeness (QED) is 0.127. The van der Waals surface area contributed by atoms with E-state index in [-0.39, 0.29) is 0 Å². The van der Waals surface area contributed by atoms with Crippen LogP contribution >= 0.6 is 0 Å². The maximum atomic E-state index is 2.51. The molecule has 302 valence electrons. The van der Waals surface area contributed by atoms with Crippen LogP contribution < -0.4 is 9.80 Å². The van der Waals surface area contributed by atoms with Crippen LogP contribution in [0.2, 0.25) is 0 Å². The van der Waals surface area contributed by atoms with Crippen LogP contribution in [-0.2, 0) is 0 Å². The van der Waals surface area contributed by atoms with E-state index in [1.54, 1.807) is 0 Å². The van der Waals surface area contributed by atoms with Gasteiger partial charge in [0.15, 0.2) is 0 Å². The van der Waals surface area contributed by atoms with Crippen molar-refractivity contribution in [2.45, 2.75) is 53.4 Å². The third-order valence-corrected chi connectivity index (χ3v) is 12.6. The number of benzene rings is 10. The van der Waals surface area contributed by atoms with Crippen LogP contribution in [0.1, 0.15) is 61.8 Å². The lowest BCUT2D eigenvalue weighted by atomic mass is 9.83. The van der Waals surface area contributed by atoms with Gasteiger partial charge in [-0.2, -0.15) is 0 Å². The highest BCUT2D eigenvalue weighted by atomic mass is 15.1. The smallest absolute Gasteiger partial charge is 0.0540 e. The molecular formula is C60H52N2. The average Bonchev–Trinajstić information content (AvgIpc) is 3.30. The molecule has 0 heterocycles. The fourth-order valence-electron chi connectivity index (χ4n) is 9.60. The number of hydrogen-bond acceptors (Lipinski definition) is 2. The number of hydrogen-bond donors (Lipinski definition) is 0. The first-order valence-electron chi connectivity index (χ1n) is 22.1. The van der Waals surface area contributed by atoms with Gasteiger partial charge in [0, 0.05) is 33.5 Å². The van der Waals surface area contributed by atoms with Gasteiger partial charge in [0.2, 0.25) is 0 Å². The van der Waals surface area contributed by atoms with Gasteiger partial charge in [0.05, 0.1) is 11.4 Å². The van der Waals surface area contributed by atoms with Crippen LogP contribution in [0.3, 0.4) is 0 Å². The summed E-state index contributed by atoms with van der Waals surface area (Å²) in [7, 11) is 0. The molecule has 0 N–H and O–H groups in total. The van der Waals surface area contributed by atoms with Crippen molar-refractivity contribution in [1.29, 1.82) is 0 Å². The molecule has 0 spiro atoms. The highest BCUT2D eigenvalue weighted by Gasteiger charge is 2.26. The van der Waals surface area contributed by atoms with Crippen molar-refractivity contribution in [2.24, 2.45) is 0 Å². The van der Waals surface area contributed by atoms with E-state index in [2.05, 4.69) is 245 Å². The van der Waals surface area contributed by atoms with E-state index in [0.717, 1.165) is 22.7 Å². The molecular weight excluding hydrogens is 749 g/mol. The largest absolute Gasteiger partial charge is 0.310 e. The lowest BCUT2D eigenvalue weighted by molar-refractivity contribution is 0.876. The molecule has 0 atom stereocenters. The fourth-order valence-corrected chi connectivity index (χ4v) is 9.60. The number of nitrogens with zero attached hydrogens (tertiary/aromatic N) is 2. The summed E-state index contributed by atoms with van der Waals surface area (Å²) in [4.78, 5) is 4.95. The first-order valence-corrected chi connectivity index (χ1v) is 22.1. The number of anilines is 6. The zero-order valence-corrected chi connectivity index (χ0v) is 36.5. The highest BCUT2D eigenvalue weighted by Crippen LogP contribution is 2.51. The molecule has 0 bridgehead atoms. The summed E-state index contributed by atoms with van der Waals surface area (Å²) in [5, 5.41) is 7.83. The summed E-state index contributed by atoms with van der Waals surface area (Å²) < 4.78 is 0. The molecule has 0 aliphatic rings. The third kappa shape index (κ3) is 6.96. The fraction of sp³-hybridized carbons (Fsp3) is 0.133. The van der Waals surface area contributed by atoms with Gasteiger partial charge >= 0.3 is 0 Å². The Kier molecular flexibility index (Phi) is 10.1. The van der Waals surface area contributed by atoms with E-state index in [4.69, 9.17) is 0 Å². The van der Waals surface area contributed by atoms with Gasteiger partial charge < -0.3 is 9.80 Å². The second kappa shape index (κ2) is 16.0. The van der Waals surface area contributed by atoms with Crippen LogP contribution in [0, 0.1) is 13.8 Å². The molecule has 0 unspecified atom stereocenters. The van der Waals surface area contributed by atoms with Gasteiger partial charge in [0.25, 0.3) is 0 Å². The summed E-state index contributed by atoms with van der Waals surface area (Å²) in [5.74, 6) is 0.613. The lowest BCUT2D eigenvalue weighted by Crippen LogP contribution is -2.12. The van der Waals surface area contributed by atoms with Crippen LogP contribution in [0.15, 0.2) is 194 Å². The van der Waals surface area contributed by atoms with Crippen molar-refractivity contribution in [2.75, 3.05) is 9.80 Å². The minimum Gasteiger partial charge on any atom is -0.310 e. The van der Waals surface area contributed by atoms with E-state index in [1.807, 2.05) is 0 Å². The molecule has 10 rings (SSSR count). The molecule has 10 aromatic carbocycles. The summed E-state index contributed by atoms with van der Waals surface area (Å²) in [6.45, 7) is 13.7. The van der Waals surface area contributed by atoms with E-state index < -0.39 is 0 Å². The molecule has 0 radical (unpaired) electrons. The Morgan fingerprint density at radius 1 is 0.306 bits per heavy atom. The Morgan fingerprint density at radius 2 is 0.677 bits per heavy atom. The first kappa shape index (κ1) is 39.0. The maximum absolute atomic E-state index is 2.51. The zero-order chi connectivity index (χ0) is 42.5. The van der Waals surface area contributed by atoms with Gasteiger partial charge in [-0.1, -0.05) is 149 Å². The van der Waals surface area contributed by atoms with Crippen LogP contribution in [0.5, 0.6) is 0 Å². The topological polar surface area (TPSA) is 6.48 Å². The zero-order valence-electron chi connectivity index (χ0n) is 36.5. The molecule has 0 amide bonds. The Bertz CT molecular complexity index is 2960. The molecule has 0 aromatic heterocycles. The van der Waals surface area contributed by atoms with Crippen LogP contribution in [-0.4, -0.2) is 0 Å². The van der Waals surface area contributed by atoms with Crippen molar-refractivity contribution >= 4 is 66.4 Å². The SMILES string of the molecule is Cc1cccc(N(c2ccc(-c3ccccc3)cc2)c2ccc3c(C(C)C)cc4c(N(c5ccc(-c6ccccc6)cc5)c5cccc(C)c5)ccc5c(C(C)C)cc2c3c54)c1. The van der Waals surface area contributed by atoms with Gasteiger partial charge in [-0.3, -0.25) is 0 Å². The standard InChI is InChI=1S/C60H52N2/c1-39(2)53-37-55-57(61(49-21-13-15-41(5)35-49)47-27-23-45(24-28-47)43-17-9-7-10-18-43)34-32-52-54(40(3)4)38-56-58(33-31-51(53)59(56)60(52)55)62(50-22-14-16-42(6)36-50)48-29-25-46(26-30-48)44-19-11-8-12-20-44/h7-40H,1-6H3. The van der Waals surface area contributed by atoms with E-state index in [0.29, 0.717) is 11.8 Å². The third-order valence-electron chi connectivity index (χ3n) is 12.6. The molecule has 2 nitrogen and oxygen atoms in total. The molecule has 0 aliphatic heterocycles. The van der Waals surface area contributed by atoms with Gasteiger partial charge in [-0.15, -0.1) is 0 Å². The molecule has 2 heteroatoms. The first-order chi connectivity index (χ1) is 30.2. The summed E-state index contributed by atoms with van der Waals surface area (Å²) in [6.07, 6.45) is 0. The monoisotopic (exact) mass is 800 g/mol. The minimum absolute atomic E-state index is 0.307. The number of rotatable bonds is 10. The predicted octanol–water partition coefficient (Wildman–Crippen LogP) is 17.7. The van der Waals surface area contributed by atoms with Gasteiger partial charge in [-0.05, 0) is 165 Å². The predicted molar refractivity (Wildman–Crippen MR) is 268 cm³/mol. The van der Waals surface area contributed by atoms with E-state index >= 15 is 0 Å². The second-order valence-electron chi connectivity index (χ2n) is 17.5. The van der Waals surface area contributed by atoms with Gasteiger partial charge in [0.1, 0.15) is 0 Å². The Balaban J connectivity index is 1.26. The van der Waals surface area contributed by atoms with E-state index in [1.165, 1.54) is 88.2 Å². The molecule has 10 aromatic rings. The van der Waals surface area contributed by atoms with Crippen LogP contribution in [0.4, 0.5) is 34.1 Å². The van der Waals surface area contributed by atoms with Crippen molar-refractivity contribution in [3.8, 4) is 22.3 Å². The normalized spacial score (nSPS) is 11.7. The maximum Gasteiger partial charge on any atom is 0.0540 e. The molecule has 0 aliphatic carbocycles. The summed E-state index contributed by atoms with van der Waals surface area (Å²) in [5.41, 5.74) is 16.9. The van der Waals surface area contributed by atoms with Crippen LogP contribution in [0.25, 0.3) is 54.6 Å². The van der Waals surface area contributed by atoms with Crippen molar-refractivity contribution in [3.63, 3.8) is 0 Å². The minimum atomic E-state index is 0.307. The molecule has 62 heavy (non-hydrogen) atoms. The Labute approximate surface area is 366 Å². The van der Waals surface area contributed by atoms with Gasteiger partial charge in [-0.25, -0.2) is 0 Å². The Hall–Kier alpha value is -7.16. The van der Waals surface area contributed by atoms with Crippen molar-refractivity contribution in [1.82, 2.24) is 0 Å². The van der Waals surface area contributed by atoms with E-state index in [9.17, 15) is 0 Å². The van der Waals surface area contributed by atoms with Crippen molar-refractivity contribution in [3.05, 3.63) is 216 Å². The lowest BCUT2D eigenvalue weighted by Gasteiger charge is -2.31. The summed E-state index contributed by atoms with van der Waals surface area (Å²) >= 11 is 0. The highest BCUT2D eigenvalue weighted by molar-refractivity contribution is 6.29. The molecule has 0 fully saturated rings. The summed E-state index contributed by atoms with van der Waals surface area (Å²) in [6, 6.07) is 71.9. The average molecular weight is 801 g/mol. The second-order valence-corrected chi connectivity index (χ2v) is 17.5. The molecule has 0 saturated carbocycles. The molecule has 0 saturated heterocycles. The van der Waals surface area contributed by atoms with Crippen molar-refractivity contribution < 1.29 is 0 Å².